The van der Waals surface area contributed by atoms with Gasteiger partial charge in [0, 0.05) is 29.9 Å². The number of guanidine groups is 1. The molecule has 0 radical (unpaired) electrons. The predicted octanol–water partition coefficient (Wildman–Crippen LogP) is 2.79. The highest BCUT2D eigenvalue weighted by Gasteiger charge is 2.20. The van der Waals surface area contributed by atoms with Crippen LogP contribution in [0.2, 0.25) is 0 Å². The fraction of sp³-hybridized carbons (Fsp3) is 0.500. The molecule has 0 atom stereocenters. The van der Waals surface area contributed by atoms with E-state index in [-0.39, 0.29) is 0 Å². The Balaban J connectivity index is 2.25. The third-order valence-corrected chi connectivity index (χ3v) is 4.55. The molecule has 1 aromatic heterocycles. The summed E-state index contributed by atoms with van der Waals surface area (Å²) < 4.78 is 0. The Labute approximate surface area is 113 Å². The summed E-state index contributed by atoms with van der Waals surface area (Å²) in [5.74, 6) is 1.01. The molecule has 1 aromatic rings. The number of thiophene rings is 1. The Bertz CT molecular complexity index is 499. The maximum Gasteiger partial charge on any atom is 0.194 e. The molecule has 1 fully saturated rings. The maximum atomic E-state index is 4.28. The molecule has 0 aliphatic carbocycles. The molecule has 0 saturated carbocycles. The van der Waals surface area contributed by atoms with E-state index in [9.17, 15) is 0 Å². The van der Waals surface area contributed by atoms with Gasteiger partial charge in [0.25, 0.3) is 0 Å². The minimum atomic E-state index is 0.949. The van der Waals surface area contributed by atoms with Crippen LogP contribution in [0.25, 0.3) is 5.57 Å². The molecule has 0 spiro atoms. The molecule has 1 saturated heterocycles. The fourth-order valence-electron chi connectivity index (χ4n) is 2.56. The van der Waals surface area contributed by atoms with E-state index in [4.69, 9.17) is 0 Å². The zero-order valence-corrected chi connectivity index (χ0v) is 12.4. The number of nitrogens with one attached hydrogen (secondary N) is 1. The first-order chi connectivity index (χ1) is 8.54. The summed E-state index contributed by atoms with van der Waals surface area (Å²) in [6, 6.07) is 0. The Morgan fingerprint density at radius 3 is 2.78 bits per heavy atom. The second-order valence-corrected chi connectivity index (χ2v) is 6.07. The van der Waals surface area contributed by atoms with Gasteiger partial charge < -0.3 is 10.2 Å². The molecule has 2 rings (SSSR count). The summed E-state index contributed by atoms with van der Waals surface area (Å²) in [6.07, 6.45) is 0. The van der Waals surface area contributed by atoms with Crippen LogP contribution < -0.4 is 5.32 Å². The van der Waals surface area contributed by atoms with Gasteiger partial charge in [-0.05, 0) is 37.5 Å². The van der Waals surface area contributed by atoms with Crippen LogP contribution in [0, 0.1) is 13.8 Å². The van der Waals surface area contributed by atoms with Crippen molar-refractivity contribution in [3.8, 4) is 0 Å². The average Bonchev–Trinajstić information content (AvgIpc) is 2.84. The van der Waals surface area contributed by atoms with Gasteiger partial charge in [-0.1, -0.05) is 6.58 Å². The number of hydrogen-bond donors (Lipinski definition) is 1. The summed E-state index contributed by atoms with van der Waals surface area (Å²) in [6.45, 7) is 13.5. The highest BCUT2D eigenvalue weighted by Crippen LogP contribution is 2.32. The second-order valence-electron chi connectivity index (χ2n) is 4.76. The van der Waals surface area contributed by atoms with Crippen LogP contribution in [0.1, 0.15) is 27.8 Å². The largest absolute Gasteiger partial charge is 0.354 e. The van der Waals surface area contributed by atoms with Crippen molar-refractivity contribution in [2.75, 3.05) is 20.1 Å². The van der Waals surface area contributed by atoms with E-state index in [0.29, 0.717) is 0 Å². The first-order valence-electron chi connectivity index (χ1n) is 6.25. The fourth-order valence-corrected chi connectivity index (χ4v) is 3.83. The number of hydrogen-bond acceptors (Lipinski definition) is 2. The monoisotopic (exact) mass is 263 g/mol. The molecule has 0 bridgehead atoms. The second kappa shape index (κ2) is 5.14. The minimum Gasteiger partial charge on any atom is -0.354 e. The van der Waals surface area contributed by atoms with E-state index < -0.39 is 0 Å². The van der Waals surface area contributed by atoms with Crippen molar-refractivity contribution in [1.29, 1.82) is 0 Å². The minimum absolute atomic E-state index is 0.949. The molecular weight excluding hydrogens is 242 g/mol. The van der Waals surface area contributed by atoms with Gasteiger partial charge in [0.05, 0.1) is 6.54 Å². The van der Waals surface area contributed by atoms with Crippen molar-refractivity contribution in [3.05, 3.63) is 27.5 Å². The zero-order valence-electron chi connectivity index (χ0n) is 11.6. The Morgan fingerprint density at radius 2 is 2.22 bits per heavy atom. The quantitative estimate of drug-likeness (QED) is 0.908. The van der Waals surface area contributed by atoms with Crippen LogP contribution in [0.5, 0.6) is 0 Å². The number of aliphatic imine (C=N–C) groups is 1. The van der Waals surface area contributed by atoms with Crippen molar-refractivity contribution in [2.45, 2.75) is 27.3 Å². The first kappa shape index (κ1) is 13.1. The van der Waals surface area contributed by atoms with E-state index in [1.54, 1.807) is 0 Å². The summed E-state index contributed by atoms with van der Waals surface area (Å²) in [5.41, 5.74) is 3.89. The molecule has 0 unspecified atom stereocenters. The Hall–Kier alpha value is -1.29. The van der Waals surface area contributed by atoms with E-state index >= 15 is 0 Å². The van der Waals surface area contributed by atoms with Gasteiger partial charge >= 0.3 is 0 Å². The molecule has 1 aliphatic rings. The van der Waals surface area contributed by atoms with Gasteiger partial charge in [-0.2, -0.15) is 0 Å². The summed E-state index contributed by atoms with van der Waals surface area (Å²) in [5, 5.41) is 3.30. The SMILES string of the molecule is C=C(C)c1c(C)sc(CN2CCNC2=NC)c1C. The van der Waals surface area contributed by atoms with Gasteiger partial charge in [-0.25, -0.2) is 0 Å². The van der Waals surface area contributed by atoms with E-state index in [2.05, 4.69) is 42.6 Å². The molecule has 4 heteroatoms. The molecule has 2 heterocycles. The average molecular weight is 263 g/mol. The summed E-state index contributed by atoms with van der Waals surface area (Å²) in [4.78, 5) is 9.38. The van der Waals surface area contributed by atoms with Crippen molar-refractivity contribution in [3.63, 3.8) is 0 Å². The Kier molecular flexibility index (Phi) is 3.76. The van der Waals surface area contributed by atoms with E-state index in [0.717, 1.165) is 31.2 Å². The van der Waals surface area contributed by atoms with Crippen LogP contribution >= 0.6 is 11.3 Å². The summed E-state index contributed by atoms with van der Waals surface area (Å²) in [7, 11) is 1.84. The van der Waals surface area contributed by atoms with E-state index in [1.165, 1.54) is 20.9 Å². The first-order valence-corrected chi connectivity index (χ1v) is 7.06. The van der Waals surface area contributed by atoms with Crippen LogP contribution in [0.4, 0.5) is 0 Å². The maximum absolute atomic E-state index is 4.28. The number of aryl methyl sites for hydroxylation is 1. The van der Waals surface area contributed by atoms with Crippen molar-refractivity contribution >= 4 is 22.9 Å². The molecule has 0 amide bonds. The predicted molar refractivity (Wildman–Crippen MR) is 80.3 cm³/mol. The van der Waals surface area contributed by atoms with Crippen LogP contribution in [0.3, 0.4) is 0 Å². The van der Waals surface area contributed by atoms with Crippen LogP contribution in [-0.4, -0.2) is 31.0 Å². The topological polar surface area (TPSA) is 27.6 Å². The molecule has 98 valence electrons. The molecule has 1 aliphatic heterocycles. The van der Waals surface area contributed by atoms with Gasteiger partial charge in [0.1, 0.15) is 0 Å². The molecule has 3 nitrogen and oxygen atoms in total. The van der Waals surface area contributed by atoms with E-state index in [1.807, 2.05) is 18.4 Å². The lowest BCUT2D eigenvalue weighted by atomic mass is 10.0. The summed E-state index contributed by atoms with van der Waals surface area (Å²) >= 11 is 1.88. The van der Waals surface area contributed by atoms with Gasteiger partial charge in [0.15, 0.2) is 5.96 Å². The lowest BCUT2D eigenvalue weighted by Gasteiger charge is -2.16. The zero-order chi connectivity index (χ0) is 13.3. The van der Waals surface area contributed by atoms with Gasteiger partial charge in [0.2, 0.25) is 0 Å². The number of rotatable bonds is 3. The molecule has 0 aromatic carbocycles. The third-order valence-electron chi connectivity index (χ3n) is 3.36. The number of allylic oxidation sites excluding steroid dienone is 1. The van der Waals surface area contributed by atoms with Gasteiger partial charge in [-0.15, -0.1) is 11.3 Å². The molecule has 18 heavy (non-hydrogen) atoms. The number of nitrogens with zero attached hydrogens (tertiary/aromatic N) is 2. The third kappa shape index (κ3) is 2.29. The van der Waals surface area contributed by atoms with Gasteiger partial charge in [-0.3, -0.25) is 4.99 Å². The molecule has 1 N–H and O–H groups in total. The van der Waals surface area contributed by atoms with Crippen molar-refractivity contribution < 1.29 is 0 Å². The lowest BCUT2D eigenvalue weighted by molar-refractivity contribution is 0.460. The lowest BCUT2D eigenvalue weighted by Crippen LogP contribution is -2.29. The molecular formula is C14H21N3S. The van der Waals surface area contributed by atoms with Crippen LogP contribution in [-0.2, 0) is 6.54 Å². The normalized spacial score (nSPS) is 17.3. The van der Waals surface area contributed by atoms with Crippen molar-refractivity contribution in [1.82, 2.24) is 10.2 Å². The standard InChI is InChI=1S/C14H21N3S/c1-9(2)13-10(3)12(18-11(13)4)8-17-7-6-16-14(17)15-5/h1,6-8H2,2-5H3,(H,15,16). The van der Waals surface area contributed by atoms with Crippen LogP contribution in [0.15, 0.2) is 11.6 Å². The highest BCUT2D eigenvalue weighted by atomic mass is 32.1. The highest BCUT2D eigenvalue weighted by molar-refractivity contribution is 7.12. The van der Waals surface area contributed by atoms with Crippen molar-refractivity contribution in [2.24, 2.45) is 4.99 Å². The Morgan fingerprint density at radius 1 is 1.50 bits per heavy atom. The smallest absolute Gasteiger partial charge is 0.194 e.